The second-order valence-electron chi connectivity index (χ2n) is 6.35. The number of rotatable bonds is 3. The highest BCUT2D eigenvalue weighted by molar-refractivity contribution is 7.91. The topological polar surface area (TPSA) is 83.3 Å². The molecule has 4 rings (SSSR count). The Morgan fingerprint density at radius 3 is 2.50 bits per heavy atom. The van der Waals surface area contributed by atoms with Crippen molar-refractivity contribution in [3.63, 3.8) is 0 Å². The first-order valence-electron chi connectivity index (χ1n) is 8.67. The number of morpholine rings is 1. The minimum atomic E-state index is -3.93. The fourth-order valence-corrected chi connectivity index (χ4v) is 4.73. The third kappa shape index (κ3) is 3.09. The van der Waals surface area contributed by atoms with E-state index in [2.05, 4.69) is 4.98 Å². The maximum absolute atomic E-state index is 14.3. The van der Waals surface area contributed by atoms with Crippen molar-refractivity contribution in [2.24, 2.45) is 0 Å². The van der Waals surface area contributed by atoms with E-state index in [4.69, 9.17) is 10.00 Å². The van der Waals surface area contributed by atoms with Crippen LogP contribution in [-0.4, -0.2) is 39.7 Å². The smallest absolute Gasteiger partial charge is 0.210 e. The second-order valence-corrected chi connectivity index (χ2v) is 8.26. The molecular formula is C20H16FN3O3S. The highest BCUT2D eigenvalue weighted by Crippen LogP contribution is 2.36. The summed E-state index contributed by atoms with van der Waals surface area (Å²) in [4.78, 5) is 6.06. The van der Waals surface area contributed by atoms with E-state index < -0.39 is 15.7 Å². The SMILES string of the molecule is N#Cc1ccc(S(=O)(=O)c2cnc3c(F)cccc3c2N2CCOCC2)cc1. The van der Waals surface area contributed by atoms with Crippen LogP contribution in [0, 0.1) is 17.1 Å². The number of benzene rings is 2. The van der Waals surface area contributed by atoms with Crippen molar-refractivity contribution in [2.45, 2.75) is 9.79 Å². The number of sulfone groups is 1. The Bertz CT molecular complexity index is 1180. The predicted octanol–water partition coefficient (Wildman–Crippen LogP) is 2.91. The molecule has 2 aromatic carbocycles. The number of para-hydroxylation sites is 1. The van der Waals surface area contributed by atoms with Gasteiger partial charge in [-0.25, -0.2) is 12.8 Å². The molecule has 1 saturated heterocycles. The largest absolute Gasteiger partial charge is 0.378 e. The van der Waals surface area contributed by atoms with Gasteiger partial charge in [0.2, 0.25) is 9.84 Å². The summed E-state index contributed by atoms with van der Waals surface area (Å²) in [6.45, 7) is 1.89. The molecule has 0 radical (unpaired) electrons. The molecule has 28 heavy (non-hydrogen) atoms. The number of hydrogen-bond acceptors (Lipinski definition) is 6. The molecule has 8 heteroatoms. The van der Waals surface area contributed by atoms with Crippen molar-refractivity contribution in [2.75, 3.05) is 31.2 Å². The van der Waals surface area contributed by atoms with E-state index in [9.17, 15) is 12.8 Å². The summed E-state index contributed by atoms with van der Waals surface area (Å²) >= 11 is 0. The zero-order chi connectivity index (χ0) is 19.7. The van der Waals surface area contributed by atoms with Gasteiger partial charge in [0.05, 0.1) is 35.4 Å². The molecule has 6 nitrogen and oxygen atoms in total. The standard InChI is InChI=1S/C20H16FN3O3S/c21-17-3-1-2-16-19(17)23-13-18(20(16)24-8-10-27-11-9-24)28(25,26)15-6-4-14(12-22)5-7-15/h1-7,13H,8-11H2. The van der Waals surface area contributed by atoms with Crippen molar-refractivity contribution in [1.82, 2.24) is 4.98 Å². The molecule has 0 atom stereocenters. The van der Waals surface area contributed by atoms with Crippen molar-refractivity contribution < 1.29 is 17.5 Å². The number of pyridine rings is 1. The molecule has 1 aliphatic rings. The molecule has 0 saturated carbocycles. The number of anilines is 1. The lowest BCUT2D eigenvalue weighted by atomic mass is 10.1. The van der Waals surface area contributed by atoms with Gasteiger partial charge in [0.25, 0.3) is 0 Å². The van der Waals surface area contributed by atoms with Crippen LogP contribution < -0.4 is 4.90 Å². The van der Waals surface area contributed by atoms with E-state index in [1.54, 1.807) is 12.1 Å². The molecule has 1 fully saturated rings. The third-order valence-electron chi connectivity index (χ3n) is 4.70. The van der Waals surface area contributed by atoms with Crippen LogP contribution in [-0.2, 0) is 14.6 Å². The molecule has 0 amide bonds. The first-order chi connectivity index (χ1) is 13.5. The zero-order valence-electron chi connectivity index (χ0n) is 14.8. The predicted molar refractivity (Wildman–Crippen MR) is 101 cm³/mol. The van der Waals surface area contributed by atoms with Gasteiger partial charge in [-0.05, 0) is 30.3 Å². The van der Waals surface area contributed by atoms with Crippen LogP contribution in [0.1, 0.15) is 5.56 Å². The van der Waals surface area contributed by atoms with E-state index in [0.717, 1.165) is 0 Å². The number of nitrogens with zero attached hydrogens (tertiary/aromatic N) is 3. The molecule has 2 heterocycles. The van der Waals surface area contributed by atoms with Crippen LogP contribution in [0.2, 0.25) is 0 Å². The Kier molecular flexibility index (Phi) is 4.71. The van der Waals surface area contributed by atoms with E-state index in [-0.39, 0.29) is 15.3 Å². The molecule has 142 valence electrons. The number of ether oxygens (including phenoxy) is 1. The average Bonchev–Trinajstić information content (AvgIpc) is 2.74. The molecule has 0 aliphatic carbocycles. The summed E-state index contributed by atoms with van der Waals surface area (Å²) in [6, 6.07) is 12.2. The number of hydrogen-bond donors (Lipinski definition) is 0. The van der Waals surface area contributed by atoms with Gasteiger partial charge < -0.3 is 9.64 Å². The van der Waals surface area contributed by atoms with Gasteiger partial charge in [-0.3, -0.25) is 4.98 Å². The molecular weight excluding hydrogens is 381 g/mol. The summed E-state index contributed by atoms with van der Waals surface area (Å²) in [6.07, 6.45) is 1.21. The number of nitriles is 1. The fourth-order valence-electron chi connectivity index (χ4n) is 3.30. The lowest BCUT2D eigenvalue weighted by Crippen LogP contribution is -2.37. The van der Waals surface area contributed by atoms with E-state index >= 15 is 0 Å². The molecule has 0 bridgehead atoms. The highest BCUT2D eigenvalue weighted by Gasteiger charge is 2.28. The lowest BCUT2D eigenvalue weighted by molar-refractivity contribution is 0.122. The Morgan fingerprint density at radius 1 is 1.11 bits per heavy atom. The van der Waals surface area contributed by atoms with Crippen LogP contribution in [0.5, 0.6) is 0 Å². The average molecular weight is 397 g/mol. The molecule has 0 spiro atoms. The van der Waals surface area contributed by atoms with Crippen LogP contribution in [0.25, 0.3) is 10.9 Å². The van der Waals surface area contributed by atoms with Crippen molar-refractivity contribution in [3.8, 4) is 6.07 Å². The van der Waals surface area contributed by atoms with Crippen molar-refractivity contribution >= 4 is 26.4 Å². The van der Waals surface area contributed by atoms with Crippen molar-refractivity contribution in [1.29, 1.82) is 5.26 Å². The Balaban J connectivity index is 1.96. The third-order valence-corrected chi connectivity index (χ3v) is 6.47. The van der Waals surface area contributed by atoms with Gasteiger partial charge in [0.1, 0.15) is 16.2 Å². The van der Waals surface area contributed by atoms with Gasteiger partial charge in [-0.1, -0.05) is 12.1 Å². The maximum atomic E-state index is 14.3. The molecule has 1 aliphatic heterocycles. The Hall–Kier alpha value is -3.02. The maximum Gasteiger partial charge on any atom is 0.210 e. The summed E-state index contributed by atoms with van der Waals surface area (Å²) in [7, 11) is -3.93. The van der Waals surface area contributed by atoms with Crippen LogP contribution >= 0.6 is 0 Å². The lowest BCUT2D eigenvalue weighted by Gasteiger charge is -2.31. The summed E-state index contributed by atoms with van der Waals surface area (Å²) in [5.41, 5.74) is 0.922. The molecule has 0 N–H and O–H groups in total. The van der Waals surface area contributed by atoms with Gasteiger partial charge >= 0.3 is 0 Å². The van der Waals surface area contributed by atoms with Gasteiger partial charge in [-0.2, -0.15) is 5.26 Å². The number of halogens is 1. The highest BCUT2D eigenvalue weighted by atomic mass is 32.2. The van der Waals surface area contributed by atoms with Crippen LogP contribution in [0.3, 0.4) is 0 Å². The van der Waals surface area contributed by atoms with Crippen LogP contribution in [0.4, 0.5) is 10.1 Å². The van der Waals surface area contributed by atoms with Crippen molar-refractivity contribution in [3.05, 3.63) is 60.0 Å². The first kappa shape index (κ1) is 18.3. The zero-order valence-corrected chi connectivity index (χ0v) is 15.6. The Morgan fingerprint density at radius 2 is 1.82 bits per heavy atom. The normalized spacial score (nSPS) is 14.8. The van der Waals surface area contributed by atoms with E-state index in [1.165, 1.54) is 36.5 Å². The first-order valence-corrected chi connectivity index (χ1v) is 10.2. The molecule has 1 aromatic heterocycles. The minimum Gasteiger partial charge on any atom is -0.378 e. The molecule has 0 unspecified atom stereocenters. The van der Waals surface area contributed by atoms with E-state index in [0.29, 0.717) is 42.9 Å². The van der Waals surface area contributed by atoms with Gasteiger partial charge in [0, 0.05) is 24.7 Å². The second kappa shape index (κ2) is 7.19. The monoisotopic (exact) mass is 397 g/mol. The summed E-state index contributed by atoms with van der Waals surface area (Å²) in [5, 5.41) is 9.38. The minimum absolute atomic E-state index is 0.0113. The fraction of sp³-hybridized carbons (Fsp3) is 0.200. The summed E-state index contributed by atoms with van der Waals surface area (Å²) < 4.78 is 46.4. The van der Waals surface area contributed by atoms with Gasteiger partial charge in [0.15, 0.2) is 0 Å². The van der Waals surface area contributed by atoms with E-state index in [1.807, 2.05) is 11.0 Å². The number of fused-ring (bicyclic) bond motifs is 1. The quantitative estimate of drug-likeness (QED) is 0.676. The van der Waals surface area contributed by atoms with Gasteiger partial charge in [-0.15, -0.1) is 0 Å². The number of aromatic nitrogens is 1. The van der Waals surface area contributed by atoms with Crippen LogP contribution in [0.15, 0.2) is 58.5 Å². The molecule has 3 aromatic rings. The summed E-state index contributed by atoms with van der Waals surface area (Å²) in [5.74, 6) is -0.505. The Labute approximate surface area is 161 Å².